The molecule has 236 valence electrons. The van der Waals surface area contributed by atoms with Gasteiger partial charge < -0.3 is 14.1 Å². The number of carbonyl (C=O) groups is 2. The number of rotatable bonds is 9. The molecule has 1 fully saturated rings. The van der Waals surface area contributed by atoms with Crippen LogP contribution in [0.3, 0.4) is 0 Å². The molecule has 4 aromatic carbocycles. The van der Waals surface area contributed by atoms with Crippen LogP contribution in [0.1, 0.15) is 54.7 Å². The van der Waals surface area contributed by atoms with Gasteiger partial charge in [-0.25, -0.2) is 9.18 Å². The first-order chi connectivity index (χ1) is 22.0. The van der Waals surface area contributed by atoms with Crippen molar-refractivity contribution in [2.24, 2.45) is 5.16 Å². The van der Waals surface area contributed by atoms with Gasteiger partial charge in [-0.15, -0.1) is 23.5 Å². The predicted molar refractivity (Wildman–Crippen MR) is 187 cm³/mol. The average molecular weight is 675 g/mol. The summed E-state index contributed by atoms with van der Waals surface area (Å²) in [6.07, 6.45) is 0. The van der Waals surface area contributed by atoms with Crippen LogP contribution in [-0.4, -0.2) is 42.7 Å². The number of carbonyl (C=O) groups excluding carboxylic acids is 2. The SMILES string of the molecule is CCn1c2ccc(C(=O)c3ccc(OCC4SC(C)(Cl)SC4C)cc3F)cc2c2cc(/C(=N/OC(C)=O)c3ccccc3)ccc21. The molecule has 1 aromatic heterocycles. The lowest BCUT2D eigenvalue weighted by Crippen LogP contribution is -2.20. The molecule has 46 heavy (non-hydrogen) atoms. The summed E-state index contributed by atoms with van der Waals surface area (Å²) in [7, 11) is 0. The number of nitrogens with zero attached hydrogens (tertiary/aromatic N) is 2. The van der Waals surface area contributed by atoms with Gasteiger partial charge in [0.1, 0.15) is 27.4 Å². The van der Waals surface area contributed by atoms with E-state index in [2.05, 4.69) is 23.6 Å². The summed E-state index contributed by atoms with van der Waals surface area (Å²) in [4.78, 5) is 30.3. The third-order valence-corrected chi connectivity index (χ3v) is 11.6. The molecule has 3 unspecified atom stereocenters. The third kappa shape index (κ3) is 6.54. The number of benzene rings is 4. The normalized spacial score (nSPS) is 19.9. The minimum Gasteiger partial charge on any atom is -0.492 e. The van der Waals surface area contributed by atoms with Gasteiger partial charge in [-0.05, 0) is 56.3 Å². The Balaban J connectivity index is 1.33. The summed E-state index contributed by atoms with van der Waals surface area (Å²) in [6, 6.07) is 25.2. The lowest BCUT2D eigenvalue weighted by molar-refractivity contribution is -0.140. The van der Waals surface area contributed by atoms with Crippen molar-refractivity contribution in [3.8, 4) is 5.75 Å². The number of aryl methyl sites for hydroxylation is 1. The van der Waals surface area contributed by atoms with E-state index in [1.54, 1.807) is 35.7 Å². The van der Waals surface area contributed by atoms with E-state index in [-0.39, 0.29) is 10.8 Å². The maximum Gasteiger partial charge on any atom is 0.332 e. The van der Waals surface area contributed by atoms with E-state index >= 15 is 4.39 Å². The highest BCUT2D eigenvalue weighted by Gasteiger charge is 2.40. The Hall–Kier alpha value is -3.79. The fraction of sp³-hybridized carbons (Fsp3) is 0.250. The van der Waals surface area contributed by atoms with E-state index in [1.807, 2.05) is 67.6 Å². The topological polar surface area (TPSA) is 69.9 Å². The Morgan fingerprint density at radius 3 is 2.22 bits per heavy atom. The van der Waals surface area contributed by atoms with Crippen molar-refractivity contribution in [1.82, 2.24) is 4.57 Å². The minimum absolute atomic E-state index is 0.0287. The van der Waals surface area contributed by atoms with Gasteiger partial charge in [-0.2, -0.15) is 0 Å². The summed E-state index contributed by atoms with van der Waals surface area (Å²) in [5.41, 5.74) is 4.29. The Morgan fingerprint density at radius 1 is 0.935 bits per heavy atom. The number of aromatic nitrogens is 1. The Labute approximate surface area is 280 Å². The molecule has 0 radical (unpaired) electrons. The van der Waals surface area contributed by atoms with Crippen molar-refractivity contribution >= 4 is 74.4 Å². The van der Waals surface area contributed by atoms with Crippen LogP contribution >= 0.6 is 35.1 Å². The average Bonchev–Trinajstić information content (AvgIpc) is 3.50. The van der Waals surface area contributed by atoms with Crippen LogP contribution in [0.2, 0.25) is 0 Å². The van der Waals surface area contributed by atoms with E-state index < -0.39 is 21.1 Å². The number of oxime groups is 1. The summed E-state index contributed by atoms with van der Waals surface area (Å²) in [6.45, 7) is 8.54. The van der Waals surface area contributed by atoms with E-state index in [0.29, 0.717) is 35.4 Å². The first-order valence-corrected chi connectivity index (χ1v) is 17.1. The van der Waals surface area contributed by atoms with Crippen LogP contribution in [0.4, 0.5) is 4.39 Å². The zero-order chi connectivity index (χ0) is 32.6. The first kappa shape index (κ1) is 32.2. The molecule has 0 spiro atoms. The van der Waals surface area contributed by atoms with Crippen LogP contribution in [0.15, 0.2) is 90.1 Å². The van der Waals surface area contributed by atoms with Gasteiger partial charge >= 0.3 is 5.97 Å². The standard InChI is InChI=1S/C36H32ClFN2O4S2/c1-5-40-31-15-11-24(34(39-44-22(3)41)23-9-7-6-8-10-23)17-28(31)29-18-25(12-16-32(29)40)35(42)27-14-13-26(19-30(27)38)43-20-33-21(2)45-36(4,37)46-33/h6-19,21,33H,5,20H2,1-4H3/b39-34+. The second-order valence-electron chi connectivity index (χ2n) is 11.2. The second-order valence-corrected chi connectivity index (χ2v) is 16.1. The Bertz CT molecular complexity index is 1990. The third-order valence-electron chi connectivity index (χ3n) is 7.91. The van der Waals surface area contributed by atoms with E-state index in [1.165, 1.54) is 19.1 Å². The van der Waals surface area contributed by atoms with Crippen molar-refractivity contribution in [2.45, 2.75) is 48.3 Å². The highest BCUT2D eigenvalue weighted by Crippen LogP contribution is 2.54. The molecule has 0 aliphatic carbocycles. The van der Waals surface area contributed by atoms with Crippen LogP contribution in [0.5, 0.6) is 5.75 Å². The van der Waals surface area contributed by atoms with Crippen molar-refractivity contribution in [1.29, 1.82) is 0 Å². The molecule has 0 N–H and O–H groups in total. The molecular formula is C36H32ClFN2O4S2. The number of halogens is 2. The molecular weight excluding hydrogens is 643 g/mol. The number of hydrogen-bond donors (Lipinski definition) is 0. The fourth-order valence-electron chi connectivity index (χ4n) is 5.79. The van der Waals surface area contributed by atoms with Gasteiger partial charge in [-0.1, -0.05) is 60.1 Å². The molecule has 3 atom stereocenters. The molecule has 0 amide bonds. The summed E-state index contributed by atoms with van der Waals surface area (Å²) >= 11 is 9.80. The van der Waals surface area contributed by atoms with Gasteiger partial charge in [0.05, 0.1) is 10.8 Å². The van der Waals surface area contributed by atoms with Crippen molar-refractivity contribution in [3.05, 3.63) is 113 Å². The smallest absolute Gasteiger partial charge is 0.332 e. The molecule has 2 heterocycles. The Kier molecular flexibility index (Phi) is 9.19. The number of thioether (sulfide) groups is 2. The van der Waals surface area contributed by atoms with Crippen LogP contribution in [0.25, 0.3) is 21.8 Å². The molecule has 0 saturated carbocycles. The summed E-state index contributed by atoms with van der Waals surface area (Å²) in [5.74, 6) is -1.21. The van der Waals surface area contributed by atoms with Crippen LogP contribution < -0.4 is 4.74 Å². The Morgan fingerprint density at radius 2 is 1.61 bits per heavy atom. The highest BCUT2D eigenvalue weighted by molar-refractivity contribution is 8.23. The van der Waals surface area contributed by atoms with Crippen molar-refractivity contribution < 1.29 is 23.6 Å². The van der Waals surface area contributed by atoms with Gasteiger partial charge in [0.25, 0.3) is 0 Å². The van der Waals surface area contributed by atoms with Crippen LogP contribution in [-0.2, 0) is 16.2 Å². The summed E-state index contributed by atoms with van der Waals surface area (Å²) in [5, 5.41) is 6.38. The molecule has 0 bridgehead atoms. The maximum absolute atomic E-state index is 15.4. The van der Waals surface area contributed by atoms with E-state index in [0.717, 1.165) is 32.9 Å². The highest BCUT2D eigenvalue weighted by atomic mass is 35.5. The number of fused-ring (bicyclic) bond motifs is 3. The van der Waals surface area contributed by atoms with Gasteiger partial charge in [0.2, 0.25) is 0 Å². The fourth-order valence-corrected chi connectivity index (χ4v) is 9.70. The van der Waals surface area contributed by atoms with Crippen molar-refractivity contribution in [2.75, 3.05) is 6.61 Å². The second kappa shape index (κ2) is 13.1. The molecule has 1 aliphatic rings. The molecule has 6 nitrogen and oxygen atoms in total. The lowest BCUT2D eigenvalue weighted by Gasteiger charge is -2.15. The number of ketones is 1. The zero-order valence-corrected chi connectivity index (χ0v) is 28.1. The van der Waals surface area contributed by atoms with Gasteiger partial charge in [-0.3, -0.25) is 4.79 Å². The van der Waals surface area contributed by atoms with Crippen LogP contribution in [0, 0.1) is 5.82 Å². The number of ether oxygens (including phenoxy) is 1. The maximum atomic E-state index is 15.4. The minimum atomic E-state index is -0.640. The molecule has 1 saturated heterocycles. The molecule has 6 rings (SSSR count). The number of alkyl halides is 1. The monoisotopic (exact) mass is 674 g/mol. The van der Waals surface area contributed by atoms with E-state index in [9.17, 15) is 9.59 Å². The quantitative estimate of drug-likeness (QED) is 0.0511. The largest absolute Gasteiger partial charge is 0.492 e. The predicted octanol–water partition coefficient (Wildman–Crippen LogP) is 9.03. The molecule has 5 aromatic rings. The van der Waals surface area contributed by atoms with E-state index in [4.69, 9.17) is 21.2 Å². The van der Waals surface area contributed by atoms with Gasteiger partial charge in [0.15, 0.2) is 5.78 Å². The first-order valence-electron chi connectivity index (χ1n) is 14.9. The number of hydrogen-bond acceptors (Lipinski definition) is 7. The molecule has 1 aliphatic heterocycles. The lowest BCUT2D eigenvalue weighted by atomic mass is 9.98. The van der Waals surface area contributed by atoms with Crippen molar-refractivity contribution in [3.63, 3.8) is 0 Å². The molecule has 10 heteroatoms. The van der Waals surface area contributed by atoms with Gasteiger partial charge in [0, 0.05) is 63.3 Å². The zero-order valence-electron chi connectivity index (χ0n) is 25.8. The summed E-state index contributed by atoms with van der Waals surface area (Å²) < 4.78 is 23.0.